The Kier molecular flexibility index (Phi) is 3.29. The first kappa shape index (κ1) is 11.2. The summed E-state index contributed by atoms with van der Waals surface area (Å²) in [4.78, 5) is 1.14. The van der Waals surface area contributed by atoms with E-state index >= 15 is 0 Å². The predicted octanol–water partition coefficient (Wildman–Crippen LogP) is 3.55. The quantitative estimate of drug-likeness (QED) is 0.880. The van der Waals surface area contributed by atoms with Crippen molar-refractivity contribution in [3.05, 3.63) is 23.7 Å². The van der Waals surface area contributed by atoms with E-state index in [0.717, 1.165) is 29.1 Å². The largest absolute Gasteiger partial charge is 0.396 e. The molecule has 0 fully saturated rings. The molecular weight excluding hydrogens is 218 g/mol. The Labute approximate surface area is 99.9 Å². The topological polar surface area (TPSA) is 43.8 Å². The predicted molar refractivity (Wildman–Crippen MR) is 69.6 cm³/mol. The van der Waals surface area contributed by atoms with Crippen molar-refractivity contribution >= 4 is 17.0 Å². The van der Waals surface area contributed by atoms with E-state index in [9.17, 15) is 0 Å². The Balaban J connectivity index is 2.35. The van der Waals surface area contributed by atoms with Crippen LogP contribution in [0.5, 0.6) is 0 Å². The molecule has 0 amide bonds. The first-order valence-electron chi connectivity index (χ1n) is 5.64. The molecule has 4 heteroatoms. The monoisotopic (exact) mass is 235 g/mol. The summed E-state index contributed by atoms with van der Waals surface area (Å²) in [6.45, 7) is 4.35. The number of nitrogens with zero attached hydrogens (tertiary/aromatic N) is 2. The number of aromatic nitrogens is 2. The summed E-state index contributed by atoms with van der Waals surface area (Å²) in [5.74, 6) is 0. The molecule has 0 aliphatic rings. The van der Waals surface area contributed by atoms with Gasteiger partial charge in [-0.25, -0.2) is 0 Å². The number of hydrogen-bond donors (Lipinski definition) is 1. The van der Waals surface area contributed by atoms with E-state index in [-0.39, 0.29) is 0 Å². The van der Waals surface area contributed by atoms with Gasteiger partial charge in [0.1, 0.15) is 5.69 Å². The van der Waals surface area contributed by atoms with Crippen molar-refractivity contribution in [1.29, 1.82) is 0 Å². The molecule has 0 saturated heterocycles. The van der Waals surface area contributed by atoms with Crippen LogP contribution in [0.4, 0.5) is 5.69 Å². The zero-order valence-corrected chi connectivity index (χ0v) is 10.5. The lowest BCUT2D eigenvalue weighted by atomic mass is 10.2. The van der Waals surface area contributed by atoms with E-state index in [0.29, 0.717) is 6.04 Å². The molecule has 0 unspecified atom stereocenters. The van der Waals surface area contributed by atoms with Crippen LogP contribution in [0.1, 0.15) is 32.7 Å². The average Bonchev–Trinajstić information content (AvgIpc) is 2.89. The third-order valence-electron chi connectivity index (χ3n) is 2.83. The number of thiophene rings is 1. The van der Waals surface area contributed by atoms with Gasteiger partial charge in [0.15, 0.2) is 0 Å². The summed E-state index contributed by atoms with van der Waals surface area (Å²) < 4.78 is 2.00. The minimum Gasteiger partial charge on any atom is -0.396 e. The van der Waals surface area contributed by atoms with Crippen LogP contribution in [-0.2, 0) is 0 Å². The average molecular weight is 235 g/mol. The lowest BCUT2D eigenvalue weighted by Gasteiger charge is -2.12. The van der Waals surface area contributed by atoms with Gasteiger partial charge in [0.2, 0.25) is 0 Å². The Morgan fingerprint density at radius 3 is 2.75 bits per heavy atom. The van der Waals surface area contributed by atoms with Crippen molar-refractivity contribution in [2.24, 2.45) is 0 Å². The van der Waals surface area contributed by atoms with Gasteiger partial charge in [-0.05, 0) is 24.3 Å². The fraction of sp³-hybridized carbons (Fsp3) is 0.417. The first-order chi connectivity index (χ1) is 7.76. The van der Waals surface area contributed by atoms with Crippen molar-refractivity contribution in [1.82, 2.24) is 9.78 Å². The normalized spacial score (nSPS) is 11.2. The maximum atomic E-state index is 6.00. The van der Waals surface area contributed by atoms with Crippen molar-refractivity contribution in [2.45, 2.75) is 32.7 Å². The zero-order valence-electron chi connectivity index (χ0n) is 9.68. The SMILES string of the molecule is CCC(CC)n1cc(N)c(-c2cccs2)n1. The summed E-state index contributed by atoms with van der Waals surface area (Å²) in [5.41, 5.74) is 7.69. The van der Waals surface area contributed by atoms with E-state index in [1.165, 1.54) is 0 Å². The Morgan fingerprint density at radius 2 is 2.19 bits per heavy atom. The molecule has 0 aliphatic heterocycles. The Bertz CT molecular complexity index is 441. The third kappa shape index (κ3) is 1.97. The van der Waals surface area contributed by atoms with Gasteiger partial charge in [0.25, 0.3) is 0 Å². The van der Waals surface area contributed by atoms with Gasteiger partial charge in [-0.3, -0.25) is 4.68 Å². The van der Waals surface area contributed by atoms with Gasteiger partial charge in [-0.2, -0.15) is 5.10 Å². The molecule has 0 saturated carbocycles. The van der Waals surface area contributed by atoms with E-state index in [2.05, 4.69) is 25.0 Å². The Morgan fingerprint density at radius 1 is 1.44 bits per heavy atom. The summed E-state index contributed by atoms with van der Waals surface area (Å²) in [6.07, 6.45) is 4.12. The first-order valence-corrected chi connectivity index (χ1v) is 6.52. The lowest BCUT2D eigenvalue weighted by molar-refractivity contribution is 0.429. The maximum Gasteiger partial charge on any atom is 0.125 e. The standard InChI is InChI=1S/C12H17N3S/c1-3-9(4-2)15-8-10(13)12(14-15)11-6-5-7-16-11/h5-9H,3-4,13H2,1-2H3. The molecule has 0 spiro atoms. The van der Waals surface area contributed by atoms with Gasteiger partial charge >= 0.3 is 0 Å². The van der Waals surface area contributed by atoms with Crippen LogP contribution in [0.3, 0.4) is 0 Å². The highest BCUT2D eigenvalue weighted by molar-refractivity contribution is 7.13. The molecule has 0 atom stereocenters. The van der Waals surface area contributed by atoms with Gasteiger partial charge in [0, 0.05) is 6.20 Å². The van der Waals surface area contributed by atoms with Crippen molar-refractivity contribution in [3.63, 3.8) is 0 Å². The lowest BCUT2D eigenvalue weighted by Crippen LogP contribution is -2.07. The highest BCUT2D eigenvalue weighted by Crippen LogP contribution is 2.29. The van der Waals surface area contributed by atoms with Crippen molar-refractivity contribution in [3.8, 4) is 10.6 Å². The summed E-state index contributed by atoms with van der Waals surface area (Å²) in [7, 11) is 0. The van der Waals surface area contributed by atoms with Crippen LogP contribution in [0.25, 0.3) is 10.6 Å². The molecule has 0 aromatic carbocycles. The number of nitrogens with two attached hydrogens (primary N) is 1. The molecule has 0 aliphatic carbocycles. The van der Waals surface area contributed by atoms with Gasteiger partial charge in [-0.1, -0.05) is 19.9 Å². The highest BCUT2D eigenvalue weighted by Gasteiger charge is 2.13. The molecule has 3 nitrogen and oxygen atoms in total. The maximum absolute atomic E-state index is 6.00. The smallest absolute Gasteiger partial charge is 0.125 e. The molecular formula is C12H17N3S. The molecule has 86 valence electrons. The molecule has 2 rings (SSSR count). The van der Waals surface area contributed by atoms with Gasteiger partial charge < -0.3 is 5.73 Å². The molecule has 16 heavy (non-hydrogen) atoms. The Hall–Kier alpha value is -1.29. The van der Waals surface area contributed by atoms with Crippen molar-refractivity contribution in [2.75, 3.05) is 5.73 Å². The fourth-order valence-electron chi connectivity index (χ4n) is 1.86. The molecule has 2 N–H and O–H groups in total. The van der Waals surface area contributed by atoms with Crippen LogP contribution in [0.15, 0.2) is 23.7 Å². The molecule has 2 heterocycles. The van der Waals surface area contributed by atoms with Crippen molar-refractivity contribution < 1.29 is 0 Å². The van der Waals surface area contributed by atoms with Crippen LogP contribution in [0, 0.1) is 0 Å². The molecule has 2 aromatic rings. The highest BCUT2D eigenvalue weighted by atomic mass is 32.1. The third-order valence-corrected chi connectivity index (χ3v) is 3.71. The van der Waals surface area contributed by atoms with Gasteiger partial charge in [-0.15, -0.1) is 11.3 Å². The number of rotatable bonds is 4. The minimum absolute atomic E-state index is 0.455. The number of hydrogen-bond acceptors (Lipinski definition) is 3. The zero-order chi connectivity index (χ0) is 11.5. The number of anilines is 1. The second kappa shape index (κ2) is 4.70. The van der Waals surface area contributed by atoms with E-state index in [4.69, 9.17) is 5.73 Å². The molecule has 0 radical (unpaired) electrons. The minimum atomic E-state index is 0.455. The molecule has 2 aromatic heterocycles. The van der Waals surface area contributed by atoms with Crippen LogP contribution >= 0.6 is 11.3 Å². The second-order valence-corrected chi connectivity index (χ2v) is 4.81. The van der Waals surface area contributed by atoms with E-state index in [1.54, 1.807) is 11.3 Å². The van der Waals surface area contributed by atoms with Crippen LogP contribution < -0.4 is 5.73 Å². The summed E-state index contributed by atoms with van der Waals surface area (Å²) in [5, 5.41) is 6.64. The summed E-state index contributed by atoms with van der Waals surface area (Å²) >= 11 is 1.67. The summed E-state index contributed by atoms with van der Waals surface area (Å²) in [6, 6.07) is 4.53. The fourth-order valence-corrected chi connectivity index (χ4v) is 2.59. The van der Waals surface area contributed by atoms with Crippen LogP contribution in [0.2, 0.25) is 0 Å². The molecule has 0 bridgehead atoms. The van der Waals surface area contributed by atoms with E-state index < -0.39 is 0 Å². The van der Waals surface area contributed by atoms with Gasteiger partial charge in [0.05, 0.1) is 16.6 Å². The van der Waals surface area contributed by atoms with E-state index in [1.807, 2.05) is 22.3 Å². The number of nitrogen functional groups attached to an aromatic ring is 1. The van der Waals surface area contributed by atoms with Crippen LogP contribution in [-0.4, -0.2) is 9.78 Å². The second-order valence-electron chi connectivity index (χ2n) is 3.86.